The monoisotopic (exact) mass is 312 g/mol. The highest BCUT2D eigenvalue weighted by Crippen LogP contribution is 2.22. The molecule has 0 spiro atoms. The third-order valence-electron chi connectivity index (χ3n) is 3.58. The number of nitrogens with zero attached hydrogens (tertiary/aromatic N) is 1. The molecule has 1 atom stereocenters. The summed E-state index contributed by atoms with van der Waals surface area (Å²) in [6, 6.07) is 7.53. The summed E-state index contributed by atoms with van der Waals surface area (Å²) in [5.74, 6) is 0. The van der Waals surface area contributed by atoms with E-state index in [1.165, 1.54) is 0 Å². The van der Waals surface area contributed by atoms with Gasteiger partial charge in [-0.2, -0.15) is 4.31 Å². The van der Waals surface area contributed by atoms with Crippen LogP contribution in [0, 0.1) is 0 Å². The van der Waals surface area contributed by atoms with Crippen molar-refractivity contribution in [1.29, 1.82) is 0 Å². The molecule has 0 aliphatic heterocycles. The van der Waals surface area contributed by atoms with Crippen LogP contribution in [0.2, 0.25) is 0 Å². The summed E-state index contributed by atoms with van der Waals surface area (Å²) in [5, 5.41) is 3.39. The minimum Gasteiger partial charge on any atom is -0.310 e. The molecule has 1 N–H and O–H groups in total. The molecule has 0 fully saturated rings. The molecule has 0 radical (unpaired) electrons. The number of benzene rings is 1. The van der Waals surface area contributed by atoms with Crippen LogP contribution in [0.5, 0.6) is 0 Å². The summed E-state index contributed by atoms with van der Waals surface area (Å²) in [6.45, 7) is 9.97. The third-order valence-corrected chi connectivity index (χ3v) is 5.55. The van der Waals surface area contributed by atoms with Gasteiger partial charge in [0, 0.05) is 19.1 Å². The Morgan fingerprint density at radius 3 is 2.43 bits per heavy atom. The fourth-order valence-electron chi connectivity index (χ4n) is 2.48. The van der Waals surface area contributed by atoms with E-state index in [0.717, 1.165) is 24.9 Å². The molecule has 0 saturated carbocycles. The normalized spacial score (nSPS) is 13.6. The van der Waals surface area contributed by atoms with Crippen LogP contribution in [-0.2, 0) is 10.0 Å². The predicted octanol–water partition coefficient (Wildman–Crippen LogP) is 3.17. The zero-order valence-corrected chi connectivity index (χ0v) is 14.4. The lowest BCUT2D eigenvalue weighted by atomic mass is 10.0. The second-order valence-electron chi connectivity index (χ2n) is 5.09. The Bertz CT molecular complexity index is 529. The maximum atomic E-state index is 12.7. The summed E-state index contributed by atoms with van der Waals surface area (Å²) in [5.41, 5.74) is 1.04. The van der Waals surface area contributed by atoms with Crippen LogP contribution >= 0.6 is 0 Å². The SMILES string of the molecule is CCCN(CC)S(=O)(=O)c1cccc(C(CC)NCC)c1. The Hall–Kier alpha value is -0.910. The Morgan fingerprint density at radius 2 is 1.90 bits per heavy atom. The first-order valence-corrected chi connectivity index (χ1v) is 9.28. The van der Waals surface area contributed by atoms with Gasteiger partial charge in [0.15, 0.2) is 0 Å². The quantitative estimate of drug-likeness (QED) is 0.762. The summed E-state index contributed by atoms with van der Waals surface area (Å²) in [7, 11) is -3.39. The van der Waals surface area contributed by atoms with Crippen LogP contribution in [0.1, 0.15) is 52.1 Å². The maximum absolute atomic E-state index is 12.7. The van der Waals surface area contributed by atoms with Gasteiger partial charge < -0.3 is 5.32 Å². The van der Waals surface area contributed by atoms with E-state index in [2.05, 4.69) is 19.2 Å². The van der Waals surface area contributed by atoms with Crippen molar-refractivity contribution in [1.82, 2.24) is 9.62 Å². The second-order valence-corrected chi connectivity index (χ2v) is 7.03. The number of nitrogens with one attached hydrogen (secondary N) is 1. The maximum Gasteiger partial charge on any atom is 0.243 e. The van der Waals surface area contributed by atoms with Crippen molar-refractivity contribution in [2.24, 2.45) is 0 Å². The molecule has 1 rings (SSSR count). The summed E-state index contributed by atoms with van der Waals surface area (Å²) < 4.78 is 26.9. The van der Waals surface area contributed by atoms with E-state index in [1.54, 1.807) is 10.4 Å². The largest absolute Gasteiger partial charge is 0.310 e. The van der Waals surface area contributed by atoms with Crippen LogP contribution in [0.4, 0.5) is 0 Å². The minimum atomic E-state index is -3.39. The van der Waals surface area contributed by atoms with Gasteiger partial charge >= 0.3 is 0 Å². The first kappa shape index (κ1) is 18.1. The fraction of sp³-hybridized carbons (Fsp3) is 0.625. The molecule has 0 heterocycles. The van der Waals surface area contributed by atoms with Gasteiger partial charge in [0.05, 0.1) is 4.90 Å². The average molecular weight is 312 g/mol. The summed E-state index contributed by atoms with van der Waals surface area (Å²) in [6.07, 6.45) is 1.76. The van der Waals surface area contributed by atoms with Crippen LogP contribution < -0.4 is 5.32 Å². The average Bonchev–Trinajstić information content (AvgIpc) is 2.50. The van der Waals surface area contributed by atoms with Gasteiger partial charge in [-0.15, -0.1) is 0 Å². The summed E-state index contributed by atoms with van der Waals surface area (Å²) in [4.78, 5) is 0.395. The van der Waals surface area contributed by atoms with Gasteiger partial charge in [-0.1, -0.05) is 39.8 Å². The predicted molar refractivity (Wildman–Crippen MR) is 87.9 cm³/mol. The van der Waals surface area contributed by atoms with Crippen molar-refractivity contribution >= 4 is 10.0 Å². The molecular formula is C16H28N2O2S. The Kier molecular flexibility index (Phi) is 7.35. The van der Waals surface area contributed by atoms with Gasteiger partial charge in [0.25, 0.3) is 0 Å². The molecule has 1 unspecified atom stereocenters. The lowest BCUT2D eigenvalue weighted by Crippen LogP contribution is -2.31. The van der Waals surface area contributed by atoms with Gasteiger partial charge in [-0.05, 0) is 37.1 Å². The van der Waals surface area contributed by atoms with Gasteiger partial charge in [0.1, 0.15) is 0 Å². The van der Waals surface area contributed by atoms with Crippen LogP contribution in [0.25, 0.3) is 0 Å². The lowest BCUT2D eigenvalue weighted by molar-refractivity contribution is 0.427. The molecule has 0 bridgehead atoms. The van der Waals surface area contributed by atoms with Gasteiger partial charge in [0.2, 0.25) is 10.0 Å². The molecule has 0 aromatic heterocycles. The van der Waals surface area contributed by atoms with E-state index in [4.69, 9.17) is 0 Å². The van der Waals surface area contributed by atoms with Crippen LogP contribution in [0.3, 0.4) is 0 Å². The van der Waals surface area contributed by atoms with E-state index < -0.39 is 10.0 Å². The standard InChI is InChI=1S/C16H28N2O2S/c1-5-12-18(8-4)21(19,20)15-11-9-10-14(13-15)16(6-2)17-7-3/h9-11,13,16-17H,5-8,12H2,1-4H3. The zero-order valence-electron chi connectivity index (χ0n) is 13.6. The number of rotatable bonds is 9. The highest BCUT2D eigenvalue weighted by molar-refractivity contribution is 7.89. The molecule has 1 aromatic carbocycles. The fourth-order valence-corrected chi connectivity index (χ4v) is 4.08. The van der Waals surface area contributed by atoms with Crippen LogP contribution in [0.15, 0.2) is 29.2 Å². The molecule has 1 aromatic rings. The summed E-state index contributed by atoms with van der Waals surface area (Å²) >= 11 is 0. The smallest absolute Gasteiger partial charge is 0.243 e. The highest BCUT2D eigenvalue weighted by Gasteiger charge is 2.23. The molecule has 5 heteroatoms. The molecule has 120 valence electrons. The van der Waals surface area contributed by atoms with Crippen LogP contribution in [-0.4, -0.2) is 32.4 Å². The molecule has 0 aliphatic rings. The minimum absolute atomic E-state index is 0.200. The van der Waals surface area contributed by atoms with E-state index in [-0.39, 0.29) is 6.04 Å². The number of hydrogen-bond donors (Lipinski definition) is 1. The van der Waals surface area contributed by atoms with Crippen molar-refractivity contribution in [2.45, 2.75) is 51.5 Å². The topological polar surface area (TPSA) is 49.4 Å². The molecule has 0 saturated heterocycles. The van der Waals surface area contributed by atoms with Gasteiger partial charge in [-0.3, -0.25) is 0 Å². The number of hydrogen-bond acceptors (Lipinski definition) is 3. The van der Waals surface area contributed by atoms with Crippen molar-refractivity contribution in [3.63, 3.8) is 0 Å². The molecular weight excluding hydrogens is 284 g/mol. The first-order valence-electron chi connectivity index (χ1n) is 7.84. The zero-order chi connectivity index (χ0) is 15.9. The van der Waals surface area contributed by atoms with E-state index >= 15 is 0 Å². The van der Waals surface area contributed by atoms with Crippen molar-refractivity contribution in [3.8, 4) is 0 Å². The first-order chi connectivity index (χ1) is 10.0. The molecule has 21 heavy (non-hydrogen) atoms. The van der Waals surface area contributed by atoms with E-state index in [9.17, 15) is 8.42 Å². The van der Waals surface area contributed by atoms with Crippen molar-refractivity contribution < 1.29 is 8.42 Å². The third kappa shape index (κ3) is 4.53. The van der Waals surface area contributed by atoms with Crippen molar-refractivity contribution in [2.75, 3.05) is 19.6 Å². The Balaban J connectivity index is 3.13. The number of sulfonamides is 1. The lowest BCUT2D eigenvalue weighted by Gasteiger charge is -2.21. The Labute approximate surface area is 129 Å². The van der Waals surface area contributed by atoms with Crippen molar-refractivity contribution in [3.05, 3.63) is 29.8 Å². The molecule has 0 amide bonds. The molecule has 0 aliphatic carbocycles. The van der Waals surface area contributed by atoms with E-state index in [1.807, 2.05) is 32.0 Å². The van der Waals surface area contributed by atoms with Gasteiger partial charge in [-0.25, -0.2) is 8.42 Å². The van der Waals surface area contributed by atoms with E-state index in [0.29, 0.717) is 18.0 Å². The second kappa shape index (κ2) is 8.51. The highest BCUT2D eigenvalue weighted by atomic mass is 32.2. The molecule has 4 nitrogen and oxygen atoms in total. The Morgan fingerprint density at radius 1 is 1.19 bits per heavy atom.